The van der Waals surface area contributed by atoms with E-state index in [1.165, 1.54) is 0 Å². The van der Waals surface area contributed by atoms with Gasteiger partial charge in [0.05, 0.1) is 5.54 Å². The first-order valence-electron chi connectivity index (χ1n) is 7.80. The first-order chi connectivity index (χ1) is 10.8. The minimum absolute atomic E-state index is 0.0479. The maximum atomic E-state index is 13.1. The Labute approximate surface area is 138 Å². The van der Waals surface area contributed by atoms with Gasteiger partial charge in [-0.25, -0.2) is 13.6 Å². The van der Waals surface area contributed by atoms with Crippen LogP contribution in [-0.4, -0.2) is 41.0 Å². The van der Waals surface area contributed by atoms with Gasteiger partial charge < -0.3 is 21.1 Å². The number of carbonyl (C=O) groups is 3. The van der Waals surface area contributed by atoms with E-state index in [4.69, 9.17) is 10.5 Å². The van der Waals surface area contributed by atoms with Crippen LogP contribution in [0.5, 0.6) is 0 Å². The second kappa shape index (κ2) is 5.86. The van der Waals surface area contributed by atoms with Gasteiger partial charge in [-0.3, -0.25) is 9.59 Å². The lowest BCUT2D eigenvalue weighted by Crippen LogP contribution is -2.58. The molecule has 0 radical (unpaired) electrons. The van der Waals surface area contributed by atoms with Crippen molar-refractivity contribution < 1.29 is 27.9 Å². The summed E-state index contributed by atoms with van der Waals surface area (Å²) in [5, 5.41) is 4.93. The molecular weight excluding hydrogens is 324 g/mol. The van der Waals surface area contributed by atoms with Crippen molar-refractivity contribution >= 4 is 17.9 Å². The zero-order valence-corrected chi connectivity index (χ0v) is 13.9. The highest BCUT2D eigenvalue weighted by molar-refractivity contribution is 5.87. The summed E-state index contributed by atoms with van der Waals surface area (Å²) in [6.45, 7) is 4.99. The van der Waals surface area contributed by atoms with Crippen molar-refractivity contribution in [1.29, 1.82) is 0 Å². The lowest BCUT2D eigenvalue weighted by atomic mass is 9.71. The van der Waals surface area contributed by atoms with Gasteiger partial charge >= 0.3 is 6.09 Å². The monoisotopic (exact) mass is 347 g/mol. The predicted molar refractivity (Wildman–Crippen MR) is 80.1 cm³/mol. The lowest BCUT2D eigenvalue weighted by molar-refractivity contribution is -0.136. The highest BCUT2D eigenvalue weighted by Gasteiger charge is 2.61. The molecule has 1 aliphatic carbocycles. The molecule has 0 aromatic rings. The van der Waals surface area contributed by atoms with Crippen LogP contribution in [0, 0.1) is 5.92 Å². The van der Waals surface area contributed by atoms with Crippen LogP contribution in [0.3, 0.4) is 0 Å². The van der Waals surface area contributed by atoms with E-state index in [0.29, 0.717) is 0 Å². The maximum Gasteiger partial charge on any atom is 0.408 e. The molecule has 1 saturated carbocycles. The molecule has 0 aromatic carbocycles. The minimum atomic E-state index is -2.76. The standard InChI is InChI=1S/C15H23F2N3O4/c1-13(2,3)24-12(23)19-9(10(18)21)4-8-5-14(20-11(8)22)6-15(16,17)7-14/h8-9H,4-7H2,1-3H3,(H2,18,21)(H,19,23)(H,20,22)/t8?,9-/m0/s1. The summed E-state index contributed by atoms with van der Waals surface area (Å²) in [6, 6.07) is -1.11. The molecular formula is C15H23F2N3O4. The average Bonchev–Trinajstić information content (AvgIpc) is 2.60. The summed E-state index contributed by atoms with van der Waals surface area (Å²) in [6.07, 6.45) is -1.48. The zero-order chi connectivity index (χ0) is 18.3. The van der Waals surface area contributed by atoms with E-state index < -0.39 is 59.8 Å². The van der Waals surface area contributed by atoms with Crippen LogP contribution < -0.4 is 16.4 Å². The molecule has 1 aliphatic heterocycles. The number of primary amides is 1. The number of hydrogen-bond donors (Lipinski definition) is 3. The second-order valence-corrected chi connectivity index (χ2v) is 7.72. The third-order valence-electron chi connectivity index (χ3n) is 4.14. The highest BCUT2D eigenvalue weighted by atomic mass is 19.3. The zero-order valence-electron chi connectivity index (χ0n) is 13.9. The van der Waals surface area contributed by atoms with Crippen molar-refractivity contribution in [1.82, 2.24) is 10.6 Å². The Morgan fingerprint density at radius 2 is 2.00 bits per heavy atom. The van der Waals surface area contributed by atoms with Crippen LogP contribution in [-0.2, 0) is 14.3 Å². The van der Waals surface area contributed by atoms with Crippen LogP contribution in [0.4, 0.5) is 13.6 Å². The van der Waals surface area contributed by atoms with Gasteiger partial charge in [-0.15, -0.1) is 0 Å². The molecule has 0 bridgehead atoms. The topological polar surface area (TPSA) is 111 Å². The molecule has 2 atom stereocenters. The normalized spacial score (nSPS) is 25.5. The Hall–Kier alpha value is -1.93. The average molecular weight is 347 g/mol. The van der Waals surface area contributed by atoms with Crippen molar-refractivity contribution in [2.24, 2.45) is 11.7 Å². The fourth-order valence-corrected chi connectivity index (χ4v) is 3.32. The van der Waals surface area contributed by atoms with E-state index >= 15 is 0 Å². The van der Waals surface area contributed by atoms with Crippen molar-refractivity contribution in [2.45, 2.75) is 69.6 Å². The number of hydrogen-bond acceptors (Lipinski definition) is 4. The van der Waals surface area contributed by atoms with Gasteiger partial charge in [-0.1, -0.05) is 0 Å². The second-order valence-electron chi connectivity index (χ2n) is 7.72. The number of halogens is 2. The van der Waals surface area contributed by atoms with Crippen LogP contribution in [0.1, 0.15) is 46.5 Å². The molecule has 3 amide bonds. The summed E-state index contributed by atoms with van der Waals surface area (Å²) >= 11 is 0. The molecule has 1 spiro atoms. The molecule has 0 aromatic heterocycles. The number of carbonyl (C=O) groups excluding carboxylic acids is 3. The third kappa shape index (κ3) is 4.33. The van der Waals surface area contributed by atoms with Gasteiger partial charge in [0.25, 0.3) is 5.92 Å². The number of amides is 3. The van der Waals surface area contributed by atoms with Gasteiger partial charge in [-0.2, -0.15) is 0 Å². The molecule has 4 N–H and O–H groups in total. The number of alkyl halides is 2. The molecule has 24 heavy (non-hydrogen) atoms. The molecule has 2 fully saturated rings. The number of ether oxygens (including phenoxy) is 1. The number of nitrogens with two attached hydrogens (primary N) is 1. The summed E-state index contributed by atoms with van der Waals surface area (Å²) < 4.78 is 31.3. The molecule has 2 rings (SSSR count). The van der Waals surface area contributed by atoms with E-state index in [1.54, 1.807) is 20.8 Å². The fourth-order valence-electron chi connectivity index (χ4n) is 3.32. The van der Waals surface area contributed by atoms with E-state index in [-0.39, 0.29) is 12.8 Å². The van der Waals surface area contributed by atoms with E-state index in [9.17, 15) is 23.2 Å². The molecule has 1 heterocycles. The van der Waals surface area contributed by atoms with E-state index in [0.717, 1.165) is 0 Å². The third-order valence-corrected chi connectivity index (χ3v) is 4.14. The van der Waals surface area contributed by atoms with Gasteiger partial charge in [0.2, 0.25) is 11.8 Å². The summed E-state index contributed by atoms with van der Waals surface area (Å²) in [7, 11) is 0. The number of rotatable bonds is 4. The number of alkyl carbamates (subject to hydrolysis) is 1. The highest BCUT2D eigenvalue weighted by Crippen LogP contribution is 2.51. The summed E-state index contributed by atoms with van der Waals surface area (Å²) in [5.41, 5.74) is 3.61. The van der Waals surface area contributed by atoms with Crippen molar-refractivity contribution in [3.8, 4) is 0 Å². The van der Waals surface area contributed by atoms with Crippen LogP contribution in [0.15, 0.2) is 0 Å². The molecule has 1 saturated heterocycles. The van der Waals surface area contributed by atoms with Crippen molar-refractivity contribution in [3.63, 3.8) is 0 Å². The van der Waals surface area contributed by atoms with Gasteiger partial charge in [-0.05, 0) is 33.6 Å². The Kier molecular flexibility index (Phi) is 4.49. The number of nitrogens with one attached hydrogen (secondary N) is 2. The molecule has 136 valence electrons. The van der Waals surface area contributed by atoms with Crippen molar-refractivity contribution in [3.05, 3.63) is 0 Å². The SMILES string of the molecule is CC(C)(C)OC(=O)N[C@@H](CC1CC2(CC(F)(F)C2)NC1=O)C(N)=O. The van der Waals surface area contributed by atoms with Gasteiger partial charge in [0.1, 0.15) is 11.6 Å². The van der Waals surface area contributed by atoms with Crippen LogP contribution in [0.25, 0.3) is 0 Å². The summed E-state index contributed by atoms with van der Waals surface area (Å²) in [4.78, 5) is 35.3. The summed E-state index contributed by atoms with van der Waals surface area (Å²) in [5.74, 6) is -4.63. The Morgan fingerprint density at radius 3 is 2.46 bits per heavy atom. The first-order valence-corrected chi connectivity index (χ1v) is 7.80. The Balaban J connectivity index is 1.95. The lowest BCUT2D eigenvalue weighted by Gasteiger charge is -2.44. The van der Waals surface area contributed by atoms with E-state index in [1.807, 2.05) is 0 Å². The van der Waals surface area contributed by atoms with Crippen LogP contribution in [0.2, 0.25) is 0 Å². The largest absolute Gasteiger partial charge is 0.444 e. The minimum Gasteiger partial charge on any atom is -0.444 e. The molecule has 1 unspecified atom stereocenters. The quantitative estimate of drug-likeness (QED) is 0.706. The first kappa shape index (κ1) is 18.4. The maximum absolute atomic E-state index is 13.1. The van der Waals surface area contributed by atoms with Gasteiger partial charge in [0, 0.05) is 18.8 Å². The Bertz CT molecular complexity index is 551. The smallest absolute Gasteiger partial charge is 0.408 e. The Morgan fingerprint density at radius 1 is 1.42 bits per heavy atom. The van der Waals surface area contributed by atoms with Crippen LogP contribution >= 0.6 is 0 Å². The molecule has 2 aliphatic rings. The predicted octanol–water partition coefficient (Wildman–Crippen LogP) is 1.06. The molecule has 9 heteroatoms. The van der Waals surface area contributed by atoms with E-state index in [2.05, 4.69) is 10.6 Å². The fraction of sp³-hybridized carbons (Fsp3) is 0.800. The molecule has 7 nitrogen and oxygen atoms in total. The van der Waals surface area contributed by atoms with Crippen molar-refractivity contribution in [2.75, 3.05) is 0 Å². The van der Waals surface area contributed by atoms with Gasteiger partial charge in [0.15, 0.2) is 0 Å².